The molecule has 3 rings (SSSR count). The summed E-state index contributed by atoms with van der Waals surface area (Å²) in [6.45, 7) is 0. The molecule has 0 unspecified atom stereocenters. The van der Waals surface area contributed by atoms with E-state index in [2.05, 4.69) is 41.9 Å². The molecule has 3 aromatic rings. The highest BCUT2D eigenvalue weighted by Gasteiger charge is 2.38. The van der Waals surface area contributed by atoms with Crippen molar-refractivity contribution in [3.05, 3.63) is 108 Å². The molecule has 144 valence electrons. The first kappa shape index (κ1) is 20.1. The molecule has 0 heterocycles. The molecular formula is C23H23NO3S. The number of carbonyl (C=O) groups is 1. The lowest BCUT2D eigenvalue weighted by Crippen LogP contribution is -2.40. The molecule has 2 N–H and O–H groups in total. The topological polar surface area (TPSA) is 58.6 Å². The lowest BCUT2D eigenvalue weighted by molar-refractivity contribution is -0.142. The summed E-state index contributed by atoms with van der Waals surface area (Å²) in [6, 6.07) is 29.7. The number of carboxylic acids is 1. The number of benzene rings is 3. The van der Waals surface area contributed by atoms with Gasteiger partial charge in [-0.25, -0.2) is 0 Å². The molecule has 5 heteroatoms. The Morgan fingerprint density at radius 1 is 0.893 bits per heavy atom. The van der Waals surface area contributed by atoms with E-state index in [1.54, 1.807) is 11.8 Å². The third-order valence-electron chi connectivity index (χ3n) is 4.57. The average Bonchev–Trinajstić information content (AvgIpc) is 2.75. The predicted molar refractivity (Wildman–Crippen MR) is 113 cm³/mol. The molecule has 4 nitrogen and oxygen atoms in total. The van der Waals surface area contributed by atoms with Crippen LogP contribution in [0.5, 0.6) is 0 Å². The van der Waals surface area contributed by atoms with Crippen molar-refractivity contribution in [2.45, 2.75) is 10.8 Å². The van der Waals surface area contributed by atoms with Crippen LogP contribution in [0.15, 0.2) is 91.0 Å². The summed E-state index contributed by atoms with van der Waals surface area (Å²) in [7, 11) is 1.43. The maximum atomic E-state index is 11.7. The lowest BCUT2D eigenvalue weighted by Gasteiger charge is -2.36. The molecule has 0 saturated carbocycles. The van der Waals surface area contributed by atoms with Crippen LogP contribution in [0.4, 0.5) is 0 Å². The van der Waals surface area contributed by atoms with Crippen molar-refractivity contribution < 1.29 is 14.7 Å². The Morgan fingerprint density at radius 2 is 1.29 bits per heavy atom. The molecule has 1 atom stereocenters. The van der Waals surface area contributed by atoms with Gasteiger partial charge in [0.2, 0.25) is 0 Å². The maximum absolute atomic E-state index is 11.7. The van der Waals surface area contributed by atoms with Crippen LogP contribution < -0.4 is 5.48 Å². The molecule has 0 aliphatic rings. The number of hydrogen-bond acceptors (Lipinski definition) is 4. The Bertz CT molecular complexity index is 775. The average molecular weight is 394 g/mol. The van der Waals surface area contributed by atoms with Crippen molar-refractivity contribution in [1.29, 1.82) is 0 Å². The Morgan fingerprint density at radius 3 is 1.61 bits per heavy atom. The molecule has 0 aliphatic carbocycles. The number of hydrogen-bond donors (Lipinski definition) is 2. The summed E-state index contributed by atoms with van der Waals surface area (Å²) >= 11 is 1.58. The van der Waals surface area contributed by atoms with Crippen molar-refractivity contribution in [3.63, 3.8) is 0 Å². The van der Waals surface area contributed by atoms with E-state index in [4.69, 9.17) is 4.84 Å². The zero-order valence-corrected chi connectivity index (χ0v) is 16.4. The lowest BCUT2D eigenvalue weighted by atomic mass is 9.84. The molecule has 0 aromatic heterocycles. The second kappa shape index (κ2) is 9.55. The number of aliphatic carboxylic acids is 1. The van der Waals surface area contributed by atoms with Gasteiger partial charge in [0.15, 0.2) is 0 Å². The SMILES string of the molecule is CON[C@@H](CSC(c1ccccc1)(c1ccccc1)c1ccccc1)C(=O)O. The van der Waals surface area contributed by atoms with Crippen molar-refractivity contribution in [2.75, 3.05) is 12.9 Å². The second-order valence-electron chi connectivity index (χ2n) is 6.30. The summed E-state index contributed by atoms with van der Waals surface area (Å²) in [5, 5.41) is 9.56. The maximum Gasteiger partial charge on any atom is 0.323 e. The number of hydroxylamine groups is 1. The summed E-state index contributed by atoms with van der Waals surface area (Å²) in [5.41, 5.74) is 5.88. The zero-order valence-electron chi connectivity index (χ0n) is 15.6. The van der Waals surface area contributed by atoms with Gasteiger partial charge in [-0.05, 0) is 16.7 Å². The first-order chi connectivity index (χ1) is 13.7. The summed E-state index contributed by atoms with van der Waals surface area (Å²) < 4.78 is -0.549. The van der Waals surface area contributed by atoms with Crippen molar-refractivity contribution >= 4 is 17.7 Å². The van der Waals surface area contributed by atoms with Gasteiger partial charge in [-0.1, -0.05) is 91.0 Å². The normalized spacial score (nSPS) is 12.5. The van der Waals surface area contributed by atoms with Crippen LogP contribution in [-0.2, 0) is 14.4 Å². The minimum absolute atomic E-state index is 0.321. The Hall–Kier alpha value is -2.60. The van der Waals surface area contributed by atoms with Crippen LogP contribution in [0, 0.1) is 0 Å². The standard InChI is InChI=1S/C23H23NO3S/c1-27-24-21(22(25)26)17-28-23(18-11-5-2-6-12-18,19-13-7-3-8-14-19)20-15-9-4-10-16-20/h2-16,21,24H,17H2,1H3,(H,25,26)/t21-/m0/s1. The minimum Gasteiger partial charge on any atom is -0.480 e. The zero-order chi connectivity index (χ0) is 19.8. The predicted octanol–water partition coefficient (Wildman–Crippen LogP) is 4.32. The van der Waals surface area contributed by atoms with E-state index in [1.165, 1.54) is 7.11 Å². The van der Waals surface area contributed by atoms with E-state index in [9.17, 15) is 9.90 Å². The van der Waals surface area contributed by atoms with Crippen LogP contribution in [-0.4, -0.2) is 30.0 Å². The van der Waals surface area contributed by atoms with Crippen LogP contribution in [0.2, 0.25) is 0 Å². The van der Waals surface area contributed by atoms with Crippen molar-refractivity contribution in [1.82, 2.24) is 5.48 Å². The molecule has 0 saturated heterocycles. The first-order valence-electron chi connectivity index (χ1n) is 9.00. The molecule has 0 radical (unpaired) electrons. The van der Waals surface area contributed by atoms with Gasteiger partial charge in [0, 0.05) is 5.75 Å². The van der Waals surface area contributed by atoms with Crippen molar-refractivity contribution in [2.24, 2.45) is 0 Å². The third-order valence-corrected chi connectivity index (χ3v) is 6.21. The number of carboxylic acid groups (broad SMARTS) is 1. The highest BCUT2D eigenvalue weighted by molar-refractivity contribution is 8.00. The van der Waals surface area contributed by atoms with Gasteiger partial charge in [0.1, 0.15) is 6.04 Å². The Kier molecular flexibility index (Phi) is 6.87. The fourth-order valence-electron chi connectivity index (χ4n) is 3.27. The van der Waals surface area contributed by atoms with Gasteiger partial charge in [0.25, 0.3) is 0 Å². The smallest absolute Gasteiger partial charge is 0.323 e. The van der Waals surface area contributed by atoms with Crippen LogP contribution in [0.1, 0.15) is 16.7 Å². The number of thioether (sulfide) groups is 1. The number of rotatable bonds is 9. The van der Waals surface area contributed by atoms with E-state index in [0.29, 0.717) is 5.75 Å². The molecule has 28 heavy (non-hydrogen) atoms. The number of nitrogens with one attached hydrogen (secondary N) is 1. The molecule has 3 aromatic carbocycles. The molecule has 0 bridgehead atoms. The van der Waals surface area contributed by atoms with Gasteiger partial charge in [-0.3, -0.25) is 4.79 Å². The van der Waals surface area contributed by atoms with Gasteiger partial charge in [-0.2, -0.15) is 5.48 Å². The van der Waals surface area contributed by atoms with Gasteiger partial charge in [-0.15, -0.1) is 11.8 Å². The Labute approximate surface area is 169 Å². The quantitative estimate of drug-likeness (QED) is 0.419. The first-order valence-corrected chi connectivity index (χ1v) is 9.99. The fourth-order valence-corrected chi connectivity index (χ4v) is 4.81. The largest absolute Gasteiger partial charge is 0.480 e. The summed E-state index contributed by atoms with van der Waals surface area (Å²) in [5.74, 6) is -0.626. The summed E-state index contributed by atoms with van der Waals surface area (Å²) in [4.78, 5) is 16.6. The molecule has 0 amide bonds. The van der Waals surface area contributed by atoms with Gasteiger partial charge < -0.3 is 9.94 Å². The molecule has 0 aliphatic heterocycles. The van der Waals surface area contributed by atoms with E-state index >= 15 is 0 Å². The van der Waals surface area contributed by atoms with Crippen molar-refractivity contribution in [3.8, 4) is 0 Å². The van der Waals surface area contributed by atoms with E-state index in [1.807, 2.05) is 54.6 Å². The second-order valence-corrected chi connectivity index (χ2v) is 7.54. The van der Waals surface area contributed by atoms with Gasteiger partial charge >= 0.3 is 5.97 Å². The van der Waals surface area contributed by atoms with Crippen LogP contribution >= 0.6 is 11.8 Å². The highest BCUT2D eigenvalue weighted by atomic mass is 32.2. The molecular weight excluding hydrogens is 370 g/mol. The highest BCUT2D eigenvalue weighted by Crippen LogP contribution is 2.48. The fraction of sp³-hybridized carbons (Fsp3) is 0.174. The van der Waals surface area contributed by atoms with E-state index in [0.717, 1.165) is 16.7 Å². The van der Waals surface area contributed by atoms with Crippen LogP contribution in [0.25, 0.3) is 0 Å². The summed E-state index contributed by atoms with van der Waals surface area (Å²) in [6.07, 6.45) is 0. The van der Waals surface area contributed by atoms with Gasteiger partial charge in [0.05, 0.1) is 11.9 Å². The molecule has 0 fully saturated rings. The third kappa shape index (κ3) is 4.28. The van der Waals surface area contributed by atoms with Crippen LogP contribution in [0.3, 0.4) is 0 Å². The van der Waals surface area contributed by atoms with E-state index in [-0.39, 0.29) is 0 Å². The Balaban J connectivity index is 2.15. The molecule has 0 spiro atoms. The minimum atomic E-state index is -0.947. The monoisotopic (exact) mass is 393 g/mol. The van der Waals surface area contributed by atoms with E-state index < -0.39 is 16.8 Å².